The lowest BCUT2D eigenvalue weighted by molar-refractivity contribution is -0.158. The Morgan fingerprint density at radius 3 is 2.08 bits per heavy atom. The molecule has 0 radical (unpaired) electrons. The number of rotatable bonds is 14. The summed E-state index contributed by atoms with van der Waals surface area (Å²) in [5.74, 6) is -1.53. The van der Waals surface area contributed by atoms with Crippen molar-refractivity contribution >= 4 is 11.9 Å². The van der Waals surface area contributed by atoms with Gasteiger partial charge in [0.25, 0.3) is 0 Å². The molecule has 0 aromatic rings. The first-order valence-electron chi connectivity index (χ1n) is 10.6. The predicted molar refractivity (Wildman–Crippen MR) is 105 cm³/mol. The number of unbranched alkanes of at least 4 members (excludes halogenated alkanes) is 7. The van der Waals surface area contributed by atoms with Crippen LogP contribution in [-0.2, 0) is 14.3 Å². The van der Waals surface area contributed by atoms with Gasteiger partial charge in [-0.1, -0.05) is 83.8 Å². The van der Waals surface area contributed by atoms with E-state index in [9.17, 15) is 14.7 Å². The molecule has 1 aliphatic rings. The number of aliphatic carboxylic acids is 1. The molecule has 0 bridgehead atoms. The van der Waals surface area contributed by atoms with Crippen LogP contribution < -0.4 is 0 Å². The van der Waals surface area contributed by atoms with Gasteiger partial charge in [-0.3, -0.25) is 9.59 Å². The Hall–Kier alpha value is -1.32. The molecule has 3 unspecified atom stereocenters. The quantitative estimate of drug-likeness (QED) is 0.241. The molecule has 1 rings (SSSR count). The van der Waals surface area contributed by atoms with Crippen molar-refractivity contribution in [3.8, 4) is 0 Å². The number of carbonyl (C=O) groups excluding carboxylic acids is 1. The molecule has 150 valence electrons. The van der Waals surface area contributed by atoms with Crippen LogP contribution in [0, 0.1) is 17.8 Å². The van der Waals surface area contributed by atoms with E-state index in [1.165, 1.54) is 51.4 Å². The summed E-state index contributed by atoms with van der Waals surface area (Å²) in [5, 5.41) is 9.20. The van der Waals surface area contributed by atoms with E-state index in [0.29, 0.717) is 19.4 Å². The smallest absolute Gasteiger partial charge is 0.310 e. The van der Waals surface area contributed by atoms with Crippen molar-refractivity contribution < 1.29 is 19.4 Å². The third-order valence-electron chi connectivity index (χ3n) is 5.58. The molecule has 0 saturated heterocycles. The zero-order valence-corrected chi connectivity index (χ0v) is 16.8. The predicted octanol–water partition coefficient (Wildman–Crippen LogP) is 5.75. The molecule has 0 spiro atoms. The number of allylic oxidation sites excluding steroid dienone is 2. The number of carbonyl (C=O) groups is 2. The van der Waals surface area contributed by atoms with E-state index >= 15 is 0 Å². The van der Waals surface area contributed by atoms with Crippen molar-refractivity contribution in [2.45, 2.75) is 90.9 Å². The molecule has 1 N–H and O–H groups in total. The van der Waals surface area contributed by atoms with E-state index in [1.54, 1.807) is 0 Å². The second kappa shape index (κ2) is 13.8. The molecule has 0 aliphatic heterocycles. The van der Waals surface area contributed by atoms with Crippen molar-refractivity contribution in [1.82, 2.24) is 0 Å². The molecular formula is C22H38O4. The highest BCUT2D eigenvalue weighted by atomic mass is 16.5. The molecule has 3 atom stereocenters. The Morgan fingerprint density at radius 2 is 1.50 bits per heavy atom. The molecule has 1 aliphatic carbocycles. The second-order valence-electron chi connectivity index (χ2n) is 7.79. The summed E-state index contributed by atoms with van der Waals surface area (Å²) >= 11 is 0. The SMILES string of the molecule is CCC(C)CCCCCCCCCCOC(=O)C1CC=CCC1C(=O)O. The second-order valence-corrected chi connectivity index (χ2v) is 7.79. The standard InChI is InChI=1S/C22H38O4/c1-3-18(2)14-10-8-6-4-5-7-9-13-17-26-22(25)20-16-12-11-15-19(20)21(23)24/h11-12,18-20H,3-10,13-17H2,1-2H3,(H,23,24). The summed E-state index contributed by atoms with van der Waals surface area (Å²) < 4.78 is 5.32. The summed E-state index contributed by atoms with van der Waals surface area (Å²) in [4.78, 5) is 23.3. The average Bonchev–Trinajstić information content (AvgIpc) is 2.65. The molecule has 0 fully saturated rings. The van der Waals surface area contributed by atoms with Crippen molar-refractivity contribution in [2.24, 2.45) is 17.8 Å². The Labute approximate surface area is 159 Å². The van der Waals surface area contributed by atoms with Crippen LogP contribution >= 0.6 is 0 Å². The Balaban J connectivity index is 1.98. The van der Waals surface area contributed by atoms with Crippen LogP contribution in [-0.4, -0.2) is 23.7 Å². The van der Waals surface area contributed by atoms with Crippen LogP contribution in [0.2, 0.25) is 0 Å². The fraction of sp³-hybridized carbons (Fsp3) is 0.818. The highest BCUT2D eigenvalue weighted by Crippen LogP contribution is 2.27. The van der Waals surface area contributed by atoms with Crippen molar-refractivity contribution in [1.29, 1.82) is 0 Å². The van der Waals surface area contributed by atoms with E-state index in [2.05, 4.69) is 13.8 Å². The molecule has 0 aromatic heterocycles. The first-order valence-corrected chi connectivity index (χ1v) is 10.6. The first-order chi connectivity index (χ1) is 12.6. The Bertz CT molecular complexity index is 430. The van der Waals surface area contributed by atoms with Gasteiger partial charge < -0.3 is 9.84 Å². The van der Waals surface area contributed by atoms with Gasteiger partial charge in [-0.15, -0.1) is 0 Å². The van der Waals surface area contributed by atoms with Crippen molar-refractivity contribution in [2.75, 3.05) is 6.61 Å². The van der Waals surface area contributed by atoms with Gasteiger partial charge in [0.15, 0.2) is 0 Å². The lowest BCUT2D eigenvalue weighted by atomic mass is 9.83. The summed E-state index contributed by atoms with van der Waals surface area (Å²) in [5.41, 5.74) is 0. The molecule has 0 saturated carbocycles. The topological polar surface area (TPSA) is 63.6 Å². The zero-order chi connectivity index (χ0) is 19.2. The number of carboxylic acids is 1. The zero-order valence-electron chi connectivity index (χ0n) is 16.8. The molecule has 4 heteroatoms. The van der Waals surface area contributed by atoms with Gasteiger partial charge >= 0.3 is 11.9 Å². The molecule has 0 aromatic carbocycles. The van der Waals surface area contributed by atoms with Gasteiger partial charge in [0.1, 0.15) is 0 Å². The Morgan fingerprint density at radius 1 is 0.962 bits per heavy atom. The van der Waals surface area contributed by atoms with Gasteiger partial charge in [-0.05, 0) is 25.2 Å². The summed E-state index contributed by atoms with van der Waals surface area (Å²) in [6.45, 7) is 5.01. The van der Waals surface area contributed by atoms with Crippen molar-refractivity contribution in [3.05, 3.63) is 12.2 Å². The van der Waals surface area contributed by atoms with Crippen molar-refractivity contribution in [3.63, 3.8) is 0 Å². The van der Waals surface area contributed by atoms with Crippen LogP contribution in [0.1, 0.15) is 90.9 Å². The van der Waals surface area contributed by atoms with E-state index in [0.717, 1.165) is 18.8 Å². The van der Waals surface area contributed by atoms with E-state index in [-0.39, 0.29) is 5.97 Å². The Kier molecular flexibility index (Phi) is 12.1. The van der Waals surface area contributed by atoms with Crippen LogP contribution in [0.5, 0.6) is 0 Å². The maximum Gasteiger partial charge on any atom is 0.310 e. The lowest BCUT2D eigenvalue weighted by Crippen LogP contribution is -2.32. The molecule has 0 heterocycles. The fourth-order valence-corrected chi connectivity index (χ4v) is 3.49. The number of ether oxygens (including phenoxy) is 1. The molecule has 4 nitrogen and oxygen atoms in total. The van der Waals surface area contributed by atoms with Crippen LogP contribution in [0.4, 0.5) is 0 Å². The van der Waals surface area contributed by atoms with Gasteiger partial charge in [0.2, 0.25) is 0 Å². The highest BCUT2D eigenvalue weighted by molar-refractivity contribution is 5.81. The van der Waals surface area contributed by atoms with E-state index in [4.69, 9.17) is 4.74 Å². The van der Waals surface area contributed by atoms with Gasteiger partial charge in [0, 0.05) is 0 Å². The van der Waals surface area contributed by atoms with Gasteiger partial charge in [-0.25, -0.2) is 0 Å². The van der Waals surface area contributed by atoms with E-state index < -0.39 is 17.8 Å². The van der Waals surface area contributed by atoms with E-state index in [1.807, 2.05) is 12.2 Å². The lowest BCUT2D eigenvalue weighted by Gasteiger charge is -2.23. The largest absolute Gasteiger partial charge is 0.481 e. The maximum absolute atomic E-state index is 12.1. The minimum absolute atomic E-state index is 0.344. The first kappa shape index (κ1) is 22.7. The number of hydrogen-bond donors (Lipinski definition) is 1. The van der Waals surface area contributed by atoms with Gasteiger partial charge in [-0.2, -0.15) is 0 Å². The third-order valence-corrected chi connectivity index (χ3v) is 5.58. The average molecular weight is 367 g/mol. The summed E-state index contributed by atoms with van der Waals surface area (Å²) in [7, 11) is 0. The summed E-state index contributed by atoms with van der Waals surface area (Å²) in [6.07, 6.45) is 17.0. The third kappa shape index (κ3) is 9.40. The number of hydrogen-bond acceptors (Lipinski definition) is 3. The van der Waals surface area contributed by atoms with Crippen LogP contribution in [0.15, 0.2) is 12.2 Å². The minimum Gasteiger partial charge on any atom is -0.481 e. The molecule has 0 amide bonds. The normalized spacial score (nSPS) is 20.7. The summed E-state index contributed by atoms with van der Waals surface area (Å²) in [6, 6.07) is 0. The number of carboxylic acid groups (broad SMARTS) is 1. The molecular weight excluding hydrogens is 328 g/mol. The minimum atomic E-state index is -0.902. The fourth-order valence-electron chi connectivity index (χ4n) is 3.49. The molecule has 26 heavy (non-hydrogen) atoms. The number of esters is 1. The highest BCUT2D eigenvalue weighted by Gasteiger charge is 2.34. The maximum atomic E-state index is 12.1. The monoisotopic (exact) mass is 366 g/mol. The van der Waals surface area contributed by atoms with Crippen LogP contribution in [0.25, 0.3) is 0 Å². The van der Waals surface area contributed by atoms with Gasteiger partial charge in [0.05, 0.1) is 18.4 Å². The van der Waals surface area contributed by atoms with Crippen LogP contribution in [0.3, 0.4) is 0 Å².